The van der Waals surface area contributed by atoms with Gasteiger partial charge in [0.25, 0.3) is 0 Å². The zero-order chi connectivity index (χ0) is 13.6. The van der Waals surface area contributed by atoms with Gasteiger partial charge in [-0.05, 0) is 19.4 Å². The highest BCUT2D eigenvalue weighted by atomic mass is 32.2. The molecule has 18 heavy (non-hydrogen) atoms. The Hall–Kier alpha value is -0.660. The van der Waals surface area contributed by atoms with Crippen molar-refractivity contribution in [3.05, 3.63) is 0 Å². The van der Waals surface area contributed by atoms with Crippen molar-refractivity contribution in [2.75, 3.05) is 31.9 Å². The van der Waals surface area contributed by atoms with E-state index in [2.05, 4.69) is 10.0 Å². The molecule has 1 unspecified atom stereocenters. The highest BCUT2D eigenvalue weighted by Gasteiger charge is 2.31. The normalized spacial score (nSPS) is 20.7. The lowest BCUT2D eigenvalue weighted by atomic mass is 10.2. The smallest absolute Gasteiger partial charge is 0.239 e. The number of likely N-dealkylation sites (tertiary alicyclic amines) is 1. The lowest BCUT2D eigenvalue weighted by molar-refractivity contribution is -0.129. The molecule has 1 heterocycles. The molecule has 0 aromatic carbocycles. The van der Waals surface area contributed by atoms with Crippen LogP contribution in [0.15, 0.2) is 0 Å². The van der Waals surface area contributed by atoms with Crippen LogP contribution in [0.1, 0.15) is 26.7 Å². The van der Waals surface area contributed by atoms with Gasteiger partial charge in [0.1, 0.15) is 0 Å². The standard InChI is InChI=1S/C11H23N3O3S/c1-3-6-12-10-5-7-14(11(10)15)8-9-18(16,17)13-4-2/h10,12-13H,3-9H2,1-2H3. The topological polar surface area (TPSA) is 78.5 Å². The second-order valence-corrected chi connectivity index (χ2v) is 6.36. The minimum absolute atomic E-state index is 0.0208. The molecule has 1 aliphatic heterocycles. The van der Waals surface area contributed by atoms with Crippen LogP contribution >= 0.6 is 0 Å². The van der Waals surface area contributed by atoms with E-state index in [4.69, 9.17) is 0 Å². The first-order valence-electron chi connectivity index (χ1n) is 6.49. The van der Waals surface area contributed by atoms with E-state index >= 15 is 0 Å². The van der Waals surface area contributed by atoms with Crippen LogP contribution in [0.25, 0.3) is 0 Å². The average Bonchev–Trinajstić information content (AvgIpc) is 2.65. The Morgan fingerprint density at radius 2 is 2.11 bits per heavy atom. The van der Waals surface area contributed by atoms with Gasteiger partial charge >= 0.3 is 0 Å². The molecule has 0 saturated carbocycles. The molecule has 1 saturated heterocycles. The summed E-state index contributed by atoms with van der Waals surface area (Å²) in [6.07, 6.45) is 1.75. The second kappa shape index (κ2) is 7.06. The van der Waals surface area contributed by atoms with Crippen molar-refractivity contribution in [3.63, 3.8) is 0 Å². The lowest BCUT2D eigenvalue weighted by Crippen LogP contribution is -2.41. The molecule has 6 nitrogen and oxygen atoms in total. The summed E-state index contributed by atoms with van der Waals surface area (Å²) >= 11 is 0. The van der Waals surface area contributed by atoms with Crippen molar-refractivity contribution in [2.24, 2.45) is 0 Å². The number of rotatable bonds is 8. The minimum Gasteiger partial charge on any atom is -0.340 e. The average molecular weight is 277 g/mol. The number of hydrogen-bond donors (Lipinski definition) is 2. The molecule has 2 N–H and O–H groups in total. The van der Waals surface area contributed by atoms with Crippen LogP contribution in [-0.2, 0) is 14.8 Å². The predicted molar refractivity (Wildman–Crippen MR) is 70.7 cm³/mol. The second-order valence-electron chi connectivity index (χ2n) is 4.44. The molecule has 7 heteroatoms. The third-order valence-electron chi connectivity index (χ3n) is 2.93. The van der Waals surface area contributed by atoms with Crippen LogP contribution in [0.4, 0.5) is 0 Å². The van der Waals surface area contributed by atoms with Crippen molar-refractivity contribution in [1.82, 2.24) is 14.9 Å². The minimum atomic E-state index is -3.24. The Kier molecular flexibility index (Phi) is 6.04. The number of sulfonamides is 1. The summed E-state index contributed by atoms with van der Waals surface area (Å²) < 4.78 is 25.4. The fraction of sp³-hybridized carbons (Fsp3) is 0.909. The molecular formula is C11H23N3O3S. The Labute approximate surface area is 109 Å². The Bertz CT molecular complexity index is 370. The van der Waals surface area contributed by atoms with E-state index in [-0.39, 0.29) is 24.2 Å². The number of nitrogens with one attached hydrogen (secondary N) is 2. The van der Waals surface area contributed by atoms with Gasteiger partial charge in [0.2, 0.25) is 15.9 Å². The molecule has 0 bridgehead atoms. The SMILES string of the molecule is CCCNC1CCN(CCS(=O)(=O)NCC)C1=O. The monoisotopic (exact) mass is 277 g/mol. The van der Waals surface area contributed by atoms with Crippen molar-refractivity contribution in [1.29, 1.82) is 0 Å². The van der Waals surface area contributed by atoms with Crippen LogP contribution in [0.5, 0.6) is 0 Å². The zero-order valence-electron chi connectivity index (χ0n) is 11.1. The van der Waals surface area contributed by atoms with Crippen molar-refractivity contribution < 1.29 is 13.2 Å². The van der Waals surface area contributed by atoms with Gasteiger partial charge in [0, 0.05) is 19.6 Å². The molecule has 106 valence electrons. The third kappa shape index (κ3) is 4.55. The molecular weight excluding hydrogens is 254 g/mol. The van der Waals surface area contributed by atoms with Gasteiger partial charge in [0.15, 0.2) is 0 Å². The lowest BCUT2D eigenvalue weighted by Gasteiger charge is -2.17. The number of nitrogens with zero attached hydrogens (tertiary/aromatic N) is 1. The molecule has 0 aromatic heterocycles. The van der Waals surface area contributed by atoms with E-state index < -0.39 is 10.0 Å². The van der Waals surface area contributed by atoms with E-state index in [0.717, 1.165) is 19.4 Å². The van der Waals surface area contributed by atoms with Gasteiger partial charge in [-0.15, -0.1) is 0 Å². The molecule has 0 spiro atoms. The number of carbonyl (C=O) groups is 1. The van der Waals surface area contributed by atoms with Crippen LogP contribution in [-0.4, -0.2) is 57.2 Å². The number of carbonyl (C=O) groups excluding carboxylic acids is 1. The van der Waals surface area contributed by atoms with Crippen LogP contribution in [0.2, 0.25) is 0 Å². The zero-order valence-corrected chi connectivity index (χ0v) is 11.9. The first kappa shape index (κ1) is 15.4. The predicted octanol–water partition coefficient (Wildman–Crippen LogP) is -0.474. The molecule has 1 aliphatic rings. The Morgan fingerprint density at radius 3 is 2.72 bits per heavy atom. The van der Waals surface area contributed by atoms with E-state index in [1.807, 2.05) is 6.92 Å². The van der Waals surface area contributed by atoms with E-state index in [1.54, 1.807) is 11.8 Å². The van der Waals surface area contributed by atoms with Crippen LogP contribution in [0, 0.1) is 0 Å². The number of hydrogen-bond acceptors (Lipinski definition) is 4. The molecule has 0 radical (unpaired) electrons. The van der Waals surface area contributed by atoms with Gasteiger partial charge in [-0.1, -0.05) is 13.8 Å². The Balaban J connectivity index is 2.39. The molecule has 1 fully saturated rings. The molecule has 1 amide bonds. The van der Waals surface area contributed by atoms with E-state index in [9.17, 15) is 13.2 Å². The summed E-state index contributed by atoms with van der Waals surface area (Å²) in [5.41, 5.74) is 0. The molecule has 1 atom stereocenters. The fourth-order valence-electron chi connectivity index (χ4n) is 1.99. The van der Waals surface area contributed by atoms with Crippen molar-refractivity contribution >= 4 is 15.9 Å². The summed E-state index contributed by atoms with van der Waals surface area (Å²) in [7, 11) is -3.24. The first-order valence-corrected chi connectivity index (χ1v) is 8.15. The number of amides is 1. The summed E-state index contributed by atoms with van der Waals surface area (Å²) in [5.74, 6) is 0.00253. The summed E-state index contributed by atoms with van der Waals surface area (Å²) in [6.45, 7) is 5.91. The van der Waals surface area contributed by atoms with Crippen LogP contribution < -0.4 is 10.0 Å². The van der Waals surface area contributed by atoms with Gasteiger partial charge in [-0.2, -0.15) is 0 Å². The van der Waals surface area contributed by atoms with E-state index in [1.165, 1.54) is 0 Å². The van der Waals surface area contributed by atoms with Gasteiger partial charge in [-0.25, -0.2) is 13.1 Å². The fourth-order valence-corrected chi connectivity index (χ4v) is 3.04. The van der Waals surface area contributed by atoms with E-state index in [0.29, 0.717) is 13.1 Å². The van der Waals surface area contributed by atoms with Gasteiger partial charge in [-0.3, -0.25) is 4.79 Å². The maximum Gasteiger partial charge on any atom is 0.239 e. The van der Waals surface area contributed by atoms with Gasteiger partial charge < -0.3 is 10.2 Å². The Morgan fingerprint density at radius 1 is 1.39 bits per heavy atom. The maximum absolute atomic E-state index is 11.9. The third-order valence-corrected chi connectivity index (χ3v) is 4.38. The molecule has 1 rings (SSSR count). The summed E-state index contributed by atoms with van der Waals surface area (Å²) in [4.78, 5) is 13.6. The quantitative estimate of drug-likeness (QED) is 0.628. The largest absolute Gasteiger partial charge is 0.340 e. The van der Waals surface area contributed by atoms with Crippen LogP contribution in [0.3, 0.4) is 0 Å². The van der Waals surface area contributed by atoms with Gasteiger partial charge in [0.05, 0.1) is 11.8 Å². The summed E-state index contributed by atoms with van der Waals surface area (Å²) in [6, 6.07) is -0.133. The van der Waals surface area contributed by atoms with Crippen molar-refractivity contribution in [2.45, 2.75) is 32.7 Å². The highest BCUT2D eigenvalue weighted by Crippen LogP contribution is 2.11. The summed E-state index contributed by atoms with van der Waals surface area (Å²) in [5, 5.41) is 3.18. The molecule has 0 aliphatic carbocycles. The molecule has 0 aromatic rings. The highest BCUT2D eigenvalue weighted by molar-refractivity contribution is 7.89. The first-order chi connectivity index (χ1) is 8.50. The maximum atomic E-state index is 11.9. The van der Waals surface area contributed by atoms with Crippen molar-refractivity contribution in [3.8, 4) is 0 Å².